The lowest BCUT2D eigenvalue weighted by Gasteiger charge is -2.17. The van der Waals surface area contributed by atoms with Gasteiger partial charge < -0.3 is 9.64 Å². The molecule has 1 heterocycles. The van der Waals surface area contributed by atoms with Crippen molar-refractivity contribution in [2.45, 2.75) is 20.0 Å². The number of rotatable bonds is 4. The van der Waals surface area contributed by atoms with Crippen molar-refractivity contribution < 1.29 is 14.3 Å². The second-order valence-electron chi connectivity index (χ2n) is 5.67. The number of aromatic nitrogens is 2. The van der Waals surface area contributed by atoms with Crippen LogP contribution in [0.2, 0.25) is 5.02 Å². The Morgan fingerprint density at radius 3 is 2.40 bits per heavy atom. The molecule has 7 nitrogen and oxygen atoms in total. The largest absolute Gasteiger partial charge is 0.448 e. The van der Waals surface area contributed by atoms with Crippen LogP contribution in [0.4, 0.5) is 0 Å². The van der Waals surface area contributed by atoms with Gasteiger partial charge in [0.1, 0.15) is 0 Å². The average molecular weight is 364 g/mol. The Hall–Kier alpha value is -2.67. The molecule has 25 heavy (non-hydrogen) atoms. The minimum atomic E-state index is -1.02. The monoisotopic (exact) mass is 363 g/mol. The maximum absolute atomic E-state index is 12.3. The highest BCUT2D eigenvalue weighted by molar-refractivity contribution is 6.30. The van der Waals surface area contributed by atoms with Crippen molar-refractivity contribution in [3.05, 3.63) is 57.0 Å². The molecule has 0 bridgehead atoms. The van der Waals surface area contributed by atoms with E-state index in [9.17, 15) is 14.4 Å². The summed E-state index contributed by atoms with van der Waals surface area (Å²) in [5.41, 5.74) is 0.214. The fraction of sp³-hybridized carbons (Fsp3) is 0.294. The van der Waals surface area contributed by atoms with Crippen molar-refractivity contribution in [1.82, 2.24) is 14.7 Å². The summed E-state index contributed by atoms with van der Waals surface area (Å²) in [6, 6.07) is 8.05. The number of benzene rings is 1. The molecule has 1 atom stereocenters. The minimum Gasteiger partial charge on any atom is -0.448 e. The average Bonchev–Trinajstić information content (AvgIpc) is 2.55. The molecule has 0 aliphatic rings. The molecule has 0 aliphatic carbocycles. The Labute approximate surface area is 149 Å². The zero-order valence-corrected chi connectivity index (χ0v) is 15.1. The molecular weight excluding hydrogens is 346 g/mol. The summed E-state index contributed by atoms with van der Waals surface area (Å²) in [6.45, 7) is 3.13. The first-order valence-corrected chi connectivity index (χ1v) is 7.87. The number of esters is 1. The second-order valence-corrected chi connectivity index (χ2v) is 6.10. The molecule has 2 rings (SSSR count). The highest BCUT2D eigenvalue weighted by atomic mass is 35.5. The summed E-state index contributed by atoms with van der Waals surface area (Å²) >= 11 is 5.87. The summed E-state index contributed by atoms with van der Waals surface area (Å²) in [5.74, 6) is -1.34. The van der Waals surface area contributed by atoms with Crippen LogP contribution in [0.3, 0.4) is 0 Å². The van der Waals surface area contributed by atoms with Crippen LogP contribution < -0.4 is 5.43 Å². The molecular formula is C17H18ClN3O4. The summed E-state index contributed by atoms with van der Waals surface area (Å²) in [7, 11) is 3.09. The van der Waals surface area contributed by atoms with E-state index in [-0.39, 0.29) is 5.69 Å². The molecule has 0 spiro atoms. The van der Waals surface area contributed by atoms with Gasteiger partial charge in [0, 0.05) is 30.9 Å². The number of carbonyl (C=O) groups is 2. The van der Waals surface area contributed by atoms with Crippen LogP contribution >= 0.6 is 11.6 Å². The van der Waals surface area contributed by atoms with Crippen molar-refractivity contribution in [2.24, 2.45) is 0 Å². The molecule has 0 radical (unpaired) electrons. The molecule has 1 aromatic carbocycles. The molecule has 2 aromatic rings. The fourth-order valence-electron chi connectivity index (χ4n) is 2.16. The van der Waals surface area contributed by atoms with Gasteiger partial charge in [0.25, 0.3) is 5.91 Å². The van der Waals surface area contributed by atoms with E-state index in [2.05, 4.69) is 5.10 Å². The molecule has 1 aromatic heterocycles. The highest BCUT2D eigenvalue weighted by Crippen LogP contribution is 2.14. The molecule has 132 valence electrons. The third kappa shape index (κ3) is 4.24. The van der Waals surface area contributed by atoms with Gasteiger partial charge in [-0.05, 0) is 38.1 Å². The van der Waals surface area contributed by atoms with Crippen LogP contribution in [0.1, 0.15) is 23.1 Å². The van der Waals surface area contributed by atoms with E-state index in [1.807, 2.05) is 0 Å². The van der Waals surface area contributed by atoms with Gasteiger partial charge >= 0.3 is 5.97 Å². The van der Waals surface area contributed by atoms with Crippen LogP contribution in [0.15, 0.2) is 35.1 Å². The smallest absolute Gasteiger partial charge is 0.363 e. The Bertz CT molecular complexity index is 859. The lowest BCUT2D eigenvalue weighted by molar-refractivity contribution is -0.137. The van der Waals surface area contributed by atoms with Gasteiger partial charge in [0.15, 0.2) is 6.10 Å². The van der Waals surface area contributed by atoms with Crippen molar-refractivity contribution in [3.8, 4) is 5.69 Å². The summed E-state index contributed by atoms with van der Waals surface area (Å²) in [4.78, 5) is 37.5. The number of ether oxygens (including phenoxy) is 1. The number of hydrogen-bond acceptors (Lipinski definition) is 5. The first-order chi connectivity index (χ1) is 11.7. The fourth-order valence-corrected chi connectivity index (χ4v) is 2.29. The Kier molecular flexibility index (Phi) is 5.58. The molecule has 1 amide bonds. The first-order valence-electron chi connectivity index (χ1n) is 7.49. The van der Waals surface area contributed by atoms with E-state index < -0.39 is 23.4 Å². The van der Waals surface area contributed by atoms with Gasteiger partial charge in [-0.1, -0.05) is 11.6 Å². The van der Waals surface area contributed by atoms with E-state index >= 15 is 0 Å². The van der Waals surface area contributed by atoms with Crippen molar-refractivity contribution in [2.75, 3.05) is 14.1 Å². The maximum Gasteiger partial charge on any atom is 0.363 e. The Morgan fingerprint density at radius 2 is 1.84 bits per heavy atom. The normalized spacial score (nSPS) is 11.7. The minimum absolute atomic E-state index is 0.390. The lowest BCUT2D eigenvalue weighted by Crippen LogP contribution is -2.36. The van der Waals surface area contributed by atoms with Gasteiger partial charge in [-0.2, -0.15) is 5.10 Å². The van der Waals surface area contributed by atoms with Crippen LogP contribution in [-0.4, -0.2) is 46.8 Å². The SMILES string of the molecule is Cc1cc(=O)c(C(=O)O[C@H](C)C(=O)N(C)C)nn1-c1ccc(Cl)cc1. The van der Waals surface area contributed by atoms with E-state index in [0.29, 0.717) is 16.4 Å². The maximum atomic E-state index is 12.3. The van der Waals surface area contributed by atoms with E-state index in [4.69, 9.17) is 16.3 Å². The number of amides is 1. The molecule has 0 saturated carbocycles. The summed E-state index contributed by atoms with van der Waals surface area (Å²) < 4.78 is 6.50. The van der Waals surface area contributed by atoms with Crippen molar-refractivity contribution in [3.63, 3.8) is 0 Å². The molecule has 0 aliphatic heterocycles. The molecule has 8 heteroatoms. The van der Waals surface area contributed by atoms with E-state index in [1.165, 1.54) is 22.6 Å². The molecule has 0 unspecified atom stereocenters. The van der Waals surface area contributed by atoms with Crippen LogP contribution in [0, 0.1) is 6.92 Å². The van der Waals surface area contributed by atoms with Gasteiger partial charge in [0.2, 0.25) is 11.1 Å². The predicted octanol–water partition coefficient (Wildman–Crippen LogP) is 1.83. The highest BCUT2D eigenvalue weighted by Gasteiger charge is 2.23. The lowest BCUT2D eigenvalue weighted by atomic mass is 10.2. The second kappa shape index (κ2) is 7.48. The number of likely N-dealkylation sites (N-methyl/N-ethyl adjacent to an activating group) is 1. The number of hydrogen-bond donors (Lipinski definition) is 0. The third-order valence-corrected chi connectivity index (χ3v) is 3.70. The number of halogens is 1. The van der Waals surface area contributed by atoms with Crippen molar-refractivity contribution >= 4 is 23.5 Å². The number of aryl methyl sites for hydroxylation is 1. The standard InChI is InChI=1S/C17H18ClN3O4/c1-10-9-14(22)15(17(24)25-11(2)16(23)20(3)4)19-21(10)13-7-5-12(18)6-8-13/h5-9,11H,1-4H3/t11-/m1/s1. The van der Waals surface area contributed by atoms with Crippen LogP contribution in [0.5, 0.6) is 0 Å². The third-order valence-electron chi connectivity index (χ3n) is 3.44. The number of nitrogens with zero attached hydrogens (tertiary/aromatic N) is 3. The van der Waals surface area contributed by atoms with Gasteiger partial charge in [-0.25, -0.2) is 9.48 Å². The van der Waals surface area contributed by atoms with Crippen LogP contribution in [0.25, 0.3) is 5.69 Å². The molecule has 0 saturated heterocycles. The summed E-state index contributed by atoms with van der Waals surface area (Å²) in [6.07, 6.45) is -1.02. The summed E-state index contributed by atoms with van der Waals surface area (Å²) in [5, 5.41) is 4.64. The molecule has 0 N–H and O–H groups in total. The quantitative estimate of drug-likeness (QED) is 0.774. The Balaban J connectivity index is 2.37. The van der Waals surface area contributed by atoms with E-state index in [1.54, 1.807) is 45.3 Å². The predicted molar refractivity (Wildman–Crippen MR) is 93.2 cm³/mol. The zero-order chi connectivity index (χ0) is 18.7. The van der Waals surface area contributed by atoms with Crippen molar-refractivity contribution in [1.29, 1.82) is 0 Å². The first kappa shape index (κ1) is 18.7. The number of carbonyl (C=O) groups excluding carboxylic acids is 2. The topological polar surface area (TPSA) is 81.5 Å². The Morgan fingerprint density at radius 1 is 1.24 bits per heavy atom. The van der Waals surface area contributed by atoms with E-state index in [0.717, 1.165) is 0 Å². The van der Waals surface area contributed by atoms with Gasteiger partial charge in [-0.15, -0.1) is 0 Å². The zero-order valence-electron chi connectivity index (χ0n) is 14.3. The molecule has 0 fully saturated rings. The van der Waals surface area contributed by atoms with Crippen LogP contribution in [-0.2, 0) is 9.53 Å². The van der Waals surface area contributed by atoms with Gasteiger partial charge in [0.05, 0.1) is 5.69 Å². The van der Waals surface area contributed by atoms with Gasteiger partial charge in [-0.3, -0.25) is 9.59 Å².